The minimum atomic E-state index is -0.268. The molecule has 2 fully saturated rings. The number of carbonyl (C=O) groups is 2. The fourth-order valence-corrected chi connectivity index (χ4v) is 2.90. The van der Waals surface area contributed by atoms with Crippen molar-refractivity contribution in [3.8, 4) is 0 Å². The number of nitrogens with one attached hydrogen (secondary N) is 1. The lowest BCUT2D eigenvalue weighted by molar-refractivity contribution is -0.134. The molecule has 108 valence electrons. The lowest BCUT2D eigenvalue weighted by Crippen LogP contribution is -2.56. The second-order valence-electron chi connectivity index (χ2n) is 6.19. The Balaban J connectivity index is 1.93. The topological polar surface area (TPSA) is 75.4 Å². The standard InChI is InChI=1S/C14H25N3O2/c1-10(18)17-7-3-4-11(8-17)13(19)16-14(2,9-15)12-5-6-12/h11-12H,3-9,15H2,1-2H3,(H,16,19). The van der Waals surface area contributed by atoms with Gasteiger partial charge in [0.2, 0.25) is 11.8 Å². The monoisotopic (exact) mass is 267 g/mol. The van der Waals surface area contributed by atoms with E-state index in [4.69, 9.17) is 5.73 Å². The highest BCUT2D eigenvalue weighted by molar-refractivity contribution is 5.81. The molecule has 2 atom stereocenters. The molecule has 1 saturated carbocycles. The Kier molecular flexibility index (Phi) is 4.13. The van der Waals surface area contributed by atoms with E-state index in [1.54, 1.807) is 11.8 Å². The molecule has 2 aliphatic rings. The largest absolute Gasteiger partial charge is 0.349 e. The zero-order chi connectivity index (χ0) is 14.0. The maximum atomic E-state index is 12.4. The Bertz CT molecular complexity index is 368. The minimum absolute atomic E-state index is 0.0567. The van der Waals surface area contributed by atoms with Gasteiger partial charge in [-0.3, -0.25) is 9.59 Å². The van der Waals surface area contributed by atoms with Gasteiger partial charge in [0.05, 0.1) is 11.5 Å². The van der Waals surface area contributed by atoms with E-state index in [2.05, 4.69) is 5.32 Å². The molecule has 1 aliphatic heterocycles. The van der Waals surface area contributed by atoms with Crippen molar-refractivity contribution in [2.45, 2.75) is 45.1 Å². The normalized spacial score (nSPS) is 26.7. The van der Waals surface area contributed by atoms with Gasteiger partial charge >= 0.3 is 0 Å². The third-order valence-electron chi connectivity index (χ3n) is 4.55. The van der Waals surface area contributed by atoms with E-state index >= 15 is 0 Å². The van der Waals surface area contributed by atoms with Crippen LogP contribution in [-0.4, -0.2) is 41.9 Å². The molecular formula is C14H25N3O2. The number of nitrogens with zero attached hydrogens (tertiary/aromatic N) is 1. The van der Waals surface area contributed by atoms with Crippen molar-refractivity contribution in [2.75, 3.05) is 19.6 Å². The number of nitrogens with two attached hydrogens (primary N) is 1. The molecule has 5 nitrogen and oxygen atoms in total. The van der Waals surface area contributed by atoms with Gasteiger partial charge in [-0.1, -0.05) is 0 Å². The fraction of sp³-hybridized carbons (Fsp3) is 0.857. The third kappa shape index (κ3) is 3.26. The quantitative estimate of drug-likeness (QED) is 0.778. The summed E-state index contributed by atoms with van der Waals surface area (Å²) in [5.41, 5.74) is 5.55. The number of hydrogen-bond acceptors (Lipinski definition) is 3. The molecule has 0 spiro atoms. The van der Waals surface area contributed by atoms with Crippen LogP contribution in [0.2, 0.25) is 0 Å². The number of likely N-dealkylation sites (tertiary alicyclic amines) is 1. The summed E-state index contributed by atoms with van der Waals surface area (Å²) in [5.74, 6) is 0.559. The maximum absolute atomic E-state index is 12.4. The maximum Gasteiger partial charge on any atom is 0.225 e. The lowest BCUT2D eigenvalue weighted by atomic mass is 9.92. The smallest absolute Gasteiger partial charge is 0.225 e. The minimum Gasteiger partial charge on any atom is -0.349 e. The van der Waals surface area contributed by atoms with Gasteiger partial charge < -0.3 is 16.0 Å². The summed E-state index contributed by atoms with van der Waals surface area (Å²) in [6.45, 7) is 5.40. The van der Waals surface area contributed by atoms with Gasteiger partial charge in [-0.2, -0.15) is 0 Å². The van der Waals surface area contributed by atoms with Crippen LogP contribution in [-0.2, 0) is 9.59 Å². The second kappa shape index (κ2) is 5.49. The Morgan fingerprint density at radius 2 is 2.05 bits per heavy atom. The van der Waals surface area contributed by atoms with Crippen LogP contribution < -0.4 is 11.1 Å². The summed E-state index contributed by atoms with van der Waals surface area (Å²) < 4.78 is 0. The molecular weight excluding hydrogens is 242 g/mol. The molecule has 2 amide bonds. The molecule has 1 saturated heterocycles. The van der Waals surface area contributed by atoms with Gasteiger partial charge in [-0.15, -0.1) is 0 Å². The van der Waals surface area contributed by atoms with Crippen LogP contribution in [0.15, 0.2) is 0 Å². The Labute approximate surface area is 114 Å². The zero-order valence-corrected chi connectivity index (χ0v) is 11.9. The van der Waals surface area contributed by atoms with Crippen LogP contribution in [0.3, 0.4) is 0 Å². The summed E-state index contributed by atoms with van der Waals surface area (Å²) in [6, 6.07) is 0. The highest BCUT2D eigenvalue weighted by atomic mass is 16.2. The number of rotatable bonds is 4. The SMILES string of the molecule is CC(=O)N1CCCC(C(=O)NC(C)(CN)C2CC2)C1. The molecule has 0 radical (unpaired) electrons. The van der Waals surface area contributed by atoms with Gasteiger partial charge in [0.1, 0.15) is 0 Å². The highest BCUT2D eigenvalue weighted by Crippen LogP contribution is 2.39. The summed E-state index contributed by atoms with van der Waals surface area (Å²) in [4.78, 5) is 25.5. The van der Waals surface area contributed by atoms with Crippen LogP contribution >= 0.6 is 0 Å². The molecule has 0 aromatic carbocycles. The van der Waals surface area contributed by atoms with E-state index in [1.807, 2.05) is 6.92 Å². The van der Waals surface area contributed by atoms with E-state index in [1.165, 1.54) is 0 Å². The van der Waals surface area contributed by atoms with E-state index in [0.717, 1.165) is 32.2 Å². The molecule has 5 heteroatoms. The predicted octanol–water partition coefficient (Wildman–Crippen LogP) is 0.489. The van der Waals surface area contributed by atoms with Gasteiger partial charge in [0.15, 0.2) is 0 Å². The summed E-state index contributed by atoms with van der Waals surface area (Å²) in [5, 5.41) is 3.13. The van der Waals surface area contributed by atoms with E-state index in [-0.39, 0.29) is 23.3 Å². The lowest BCUT2D eigenvalue weighted by Gasteiger charge is -2.35. The Morgan fingerprint density at radius 1 is 1.37 bits per heavy atom. The van der Waals surface area contributed by atoms with Gasteiger partial charge in [0.25, 0.3) is 0 Å². The summed E-state index contributed by atoms with van der Waals surface area (Å²) in [6.07, 6.45) is 4.07. The van der Waals surface area contributed by atoms with Crippen molar-refractivity contribution in [1.29, 1.82) is 0 Å². The van der Waals surface area contributed by atoms with Crippen molar-refractivity contribution in [2.24, 2.45) is 17.6 Å². The summed E-state index contributed by atoms with van der Waals surface area (Å²) in [7, 11) is 0. The molecule has 1 aliphatic carbocycles. The van der Waals surface area contributed by atoms with Crippen molar-refractivity contribution >= 4 is 11.8 Å². The van der Waals surface area contributed by atoms with Crippen molar-refractivity contribution < 1.29 is 9.59 Å². The average molecular weight is 267 g/mol. The molecule has 0 aromatic heterocycles. The van der Waals surface area contributed by atoms with Crippen LogP contribution in [0.4, 0.5) is 0 Å². The van der Waals surface area contributed by atoms with Crippen LogP contribution in [0.5, 0.6) is 0 Å². The average Bonchev–Trinajstić information content (AvgIpc) is 3.23. The first-order valence-electron chi connectivity index (χ1n) is 7.24. The van der Waals surface area contributed by atoms with Gasteiger partial charge in [-0.05, 0) is 38.5 Å². The first-order chi connectivity index (χ1) is 8.96. The Hall–Kier alpha value is -1.10. The summed E-state index contributed by atoms with van der Waals surface area (Å²) >= 11 is 0. The highest BCUT2D eigenvalue weighted by Gasteiger charge is 2.42. The van der Waals surface area contributed by atoms with E-state index < -0.39 is 0 Å². The van der Waals surface area contributed by atoms with E-state index in [9.17, 15) is 9.59 Å². The van der Waals surface area contributed by atoms with Gasteiger partial charge in [0, 0.05) is 26.6 Å². The molecule has 2 unspecified atom stereocenters. The van der Waals surface area contributed by atoms with Crippen LogP contribution in [0.1, 0.15) is 39.5 Å². The van der Waals surface area contributed by atoms with E-state index in [0.29, 0.717) is 19.0 Å². The molecule has 19 heavy (non-hydrogen) atoms. The molecule has 0 bridgehead atoms. The number of hydrogen-bond donors (Lipinski definition) is 2. The molecule has 3 N–H and O–H groups in total. The van der Waals surface area contributed by atoms with Crippen molar-refractivity contribution in [3.63, 3.8) is 0 Å². The van der Waals surface area contributed by atoms with Gasteiger partial charge in [-0.25, -0.2) is 0 Å². The number of carbonyl (C=O) groups excluding carboxylic acids is 2. The molecule has 1 heterocycles. The Morgan fingerprint density at radius 3 is 2.58 bits per heavy atom. The predicted molar refractivity (Wildman–Crippen MR) is 73.3 cm³/mol. The van der Waals surface area contributed by atoms with Crippen molar-refractivity contribution in [1.82, 2.24) is 10.2 Å². The first-order valence-corrected chi connectivity index (χ1v) is 7.24. The number of amides is 2. The zero-order valence-electron chi connectivity index (χ0n) is 11.9. The molecule has 0 aromatic rings. The van der Waals surface area contributed by atoms with Crippen LogP contribution in [0, 0.1) is 11.8 Å². The van der Waals surface area contributed by atoms with Crippen molar-refractivity contribution in [3.05, 3.63) is 0 Å². The van der Waals surface area contributed by atoms with Crippen LogP contribution in [0.25, 0.3) is 0 Å². The molecule has 2 rings (SSSR count). The fourth-order valence-electron chi connectivity index (χ4n) is 2.90. The second-order valence-corrected chi connectivity index (χ2v) is 6.19. The number of piperidine rings is 1. The third-order valence-corrected chi connectivity index (χ3v) is 4.55. The first kappa shape index (κ1) is 14.3.